The van der Waals surface area contributed by atoms with Crippen molar-refractivity contribution in [3.63, 3.8) is 0 Å². The molecule has 0 saturated carbocycles. The van der Waals surface area contributed by atoms with Gasteiger partial charge in [0.25, 0.3) is 0 Å². The number of benzene rings is 2. The Morgan fingerprint density at radius 2 is 0.810 bits per heavy atom. The Hall–Kier alpha value is -0.413. The summed E-state index contributed by atoms with van der Waals surface area (Å²) in [6.45, 7) is 31.4. The second-order valence-corrected chi connectivity index (χ2v) is 59.8. The summed E-state index contributed by atoms with van der Waals surface area (Å²) in [7, 11) is 0. The summed E-state index contributed by atoms with van der Waals surface area (Å²) in [4.78, 5) is 0. The van der Waals surface area contributed by atoms with Crippen molar-refractivity contribution in [2.45, 2.75) is 123 Å². The van der Waals surface area contributed by atoms with Gasteiger partial charge in [-0.3, -0.25) is 0 Å². The Bertz CT molecular complexity index is 1340. The number of hydrogen-bond donors (Lipinski definition) is 0. The molecule has 0 bridgehead atoms. The van der Waals surface area contributed by atoms with Crippen LogP contribution in [0.1, 0.15) is 159 Å². The Labute approximate surface area is 274 Å². The molecule has 0 aromatic heterocycles. The van der Waals surface area contributed by atoms with Crippen LogP contribution in [0.15, 0.2) is 35.4 Å². The third-order valence-electron chi connectivity index (χ3n) is 10.3. The summed E-state index contributed by atoms with van der Waals surface area (Å²) in [6.07, 6.45) is 5.33. The second kappa shape index (κ2) is 13.1. The first-order chi connectivity index (χ1) is 18.4. The molecule has 0 radical (unpaired) electrons. The molecular weight excluding hydrogens is 734 g/mol. The second-order valence-electron chi connectivity index (χ2n) is 16.2. The molecule has 2 unspecified atom stereocenters. The van der Waals surface area contributed by atoms with Crippen molar-refractivity contribution in [3.05, 3.63) is 79.9 Å². The zero-order valence-electron chi connectivity index (χ0n) is 29.1. The molecule has 2 aromatic rings. The van der Waals surface area contributed by atoms with Gasteiger partial charge in [-0.05, 0) is 0 Å². The minimum absolute atomic E-state index is 0. The molecule has 2 aliphatic rings. The van der Waals surface area contributed by atoms with Gasteiger partial charge in [-0.15, -0.1) is 24.8 Å². The fourth-order valence-corrected chi connectivity index (χ4v) is 36.6. The van der Waals surface area contributed by atoms with Gasteiger partial charge in [-0.25, -0.2) is 0 Å². The minimum Gasteiger partial charge on any atom is -0.147 e. The minimum atomic E-state index is -3.82. The van der Waals surface area contributed by atoms with Crippen LogP contribution in [0.2, 0.25) is 9.36 Å². The van der Waals surface area contributed by atoms with Gasteiger partial charge in [0.05, 0.1) is 0 Å². The van der Waals surface area contributed by atoms with E-state index in [1.165, 1.54) is 11.1 Å². The van der Waals surface area contributed by atoms with E-state index in [1.807, 2.05) is 0 Å². The number of hydrogen-bond acceptors (Lipinski definition) is 0. The summed E-state index contributed by atoms with van der Waals surface area (Å²) in [5.74, 6) is 3.27. The first kappa shape index (κ1) is 37.8. The normalized spacial score (nSPS) is 18.5. The van der Waals surface area contributed by atoms with E-state index in [9.17, 15) is 0 Å². The predicted octanol–water partition coefficient (Wildman–Crippen LogP) is 12.2. The zero-order valence-corrected chi connectivity index (χ0v) is 35.7. The smallest absolute Gasteiger partial charge is 0.147 e. The monoisotopic (exact) mass is 794 g/mol. The van der Waals surface area contributed by atoms with Gasteiger partial charge in [0.2, 0.25) is 0 Å². The molecule has 2 aromatic carbocycles. The fraction of sp³-hybridized carbons (Fsp3) is 0.579. The molecular formula is C38H60Cl2HfSi. The van der Waals surface area contributed by atoms with Crippen LogP contribution in [-0.2, 0) is 17.1 Å². The van der Waals surface area contributed by atoms with Gasteiger partial charge in [-0.2, -0.15) is 0 Å². The average molecular weight is 794 g/mol. The molecule has 42 heavy (non-hydrogen) atoms. The third kappa shape index (κ3) is 6.45. The topological polar surface area (TPSA) is 0 Å². The van der Waals surface area contributed by atoms with Gasteiger partial charge in [0.15, 0.2) is 0 Å². The molecule has 0 fully saturated rings. The number of halogens is 2. The molecule has 2 atom stereocenters. The van der Waals surface area contributed by atoms with E-state index >= 15 is 0 Å². The first-order valence-electron chi connectivity index (χ1n) is 16.2. The van der Waals surface area contributed by atoms with E-state index in [0.29, 0.717) is 42.9 Å². The molecule has 0 amide bonds. The van der Waals surface area contributed by atoms with E-state index in [0.717, 1.165) is 0 Å². The summed E-state index contributed by atoms with van der Waals surface area (Å²) in [5.41, 5.74) is 16.1. The summed E-state index contributed by atoms with van der Waals surface area (Å²) < 4.78 is 6.86. The average Bonchev–Trinajstić information content (AvgIpc) is 3.42. The van der Waals surface area contributed by atoms with Crippen LogP contribution >= 0.6 is 24.8 Å². The molecule has 4 rings (SSSR count). The molecule has 0 spiro atoms. The zero-order chi connectivity index (χ0) is 30.1. The molecule has 0 aliphatic heterocycles. The van der Waals surface area contributed by atoms with Gasteiger partial charge in [0.1, 0.15) is 0 Å². The van der Waals surface area contributed by atoms with Gasteiger partial charge in [0, 0.05) is 0 Å². The Morgan fingerprint density at radius 3 is 1.05 bits per heavy atom. The number of fused-ring (bicyclic) bond motifs is 2. The Kier molecular flexibility index (Phi) is 11.8. The summed E-state index contributed by atoms with van der Waals surface area (Å²) in [6, 6.07) is 10.4. The van der Waals surface area contributed by atoms with Crippen LogP contribution in [0.25, 0.3) is 12.2 Å². The SMILES string of the molecule is CC(C)C1=Cc2c(C(C)C)cc(C(C)C)cc2[CH]1[Hf]([CH3])([CH3])(=[SiH2])[CH]1C(C(C)C)=Cc2c(C(C)C)cc(C(C)C)cc21.Cl.Cl. The van der Waals surface area contributed by atoms with Crippen molar-refractivity contribution in [2.75, 3.05) is 0 Å². The van der Waals surface area contributed by atoms with Crippen molar-refractivity contribution >= 4 is 43.9 Å². The molecule has 234 valence electrons. The van der Waals surface area contributed by atoms with E-state index in [4.69, 9.17) is 0 Å². The molecule has 0 N–H and O–H groups in total. The largest absolute Gasteiger partial charge is 0.147 e. The first-order valence-corrected chi connectivity index (χ1v) is 35.9. The van der Waals surface area contributed by atoms with Crippen LogP contribution in [0.4, 0.5) is 0 Å². The van der Waals surface area contributed by atoms with Gasteiger partial charge < -0.3 is 0 Å². The van der Waals surface area contributed by atoms with Crippen LogP contribution in [0, 0.1) is 11.8 Å². The van der Waals surface area contributed by atoms with E-state index in [2.05, 4.69) is 136 Å². The van der Waals surface area contributed by atoms with Crippen LogP contribution < -0.4 is 0 Å². The van der Waals surface area contributed by atoms with Crippen LogP contribution in [0.5, 0.6) is 0 Å². The molecule has 2 aliphatic carbocycles. The maximum atomic E-state index is 2.84. The van der Waals surface area contributed by atoms with Gasteiger partial charge >= 0.3 is 251 Å². The molecule has 0 heterocycles. The Balaban J connectivity index is 0.00000308. The summed E-state index contributed by atoms with van der Waals surface area (Å²) in [5, 5.41) is 0. The molecule has 0 saturated heterocycles. The van der Waals surface area contributed by atoms with Gasteiger partial charge in [-0.1, -0.05) is 0 Å². The van der Waals surface area contributed by atoms with Crippen molar-refractivity contribution in [2.24, 2.45) is 11.8 Å². The van der Waals surface area contributed by atoms with Crippen molar-refractivity contribution in [1.29, 1.82) is 0 Å². The maximum Gasteiger partial charge on any atom is -0.147 e. The molecule has 0 nitrogen and oxygen atoms in total. The Morgan fingerprint density at radius 1 is 0.500 bits per heavy atom. The van der Waals surface area contributed by atoms with Crippen LogP contribution in [-0.4, -0.2) is 6.94 Å². The molecule has 4 heteroatoms. The van der Waals surface area contributed by atoms with Crippen molar-refractivity contribution in [3.8, 4) is 0 Å². The third-order valence-corrected chi connectivity index (χ3v) is 35.2. The van der Waals surface area contributed by atoms with E-state index < -0.39 is 17.1 Å². The standard InChI is InChI=1S/2C18H25.2CH3.2ClH.Hf.H2Si/c2*1-11(2)14-7-16-8-15(12(3)4)10-18(16)17(9-14)13(5)6;;;;;;/h2*7-13H,1-6H3;2*1H3;2*1H;;1H2. The van der Waals surface area contributed by atoms with E-state index in [-0.39, 0.29) is 24.8 Å². The summed E-state index contributed by atoms with van der Waals surface area (Å²) >= 11 is -3.82. The predicted molar refractivity (Wildman–Crippen MR) is 195 cm³/mol. The maximum absolute atomic E-state index is 3.82. The van der Waals surface area contributed by atoms with E-state index in [1.54, 1.807) is 44.5 Å². The fourth-order valence-electron chi connectivity index (χ4n) is 8.02. The number of rotatable bonds is 8. The quantitative estimate of drug-likeness (QED) is 0.234. The number of allylic oxidation sites excluding steroid dienone is 2. The van der Waals surface area contributed by atoms with Crippen molar-refractivity contribution < 1.29 is 17.1 Å². The van der Waals surface area contributed by atoms with Crippen molar-refractivity contribution in [1.82, 2.24) is 0 Å². The van der Waals surface area contributed by atoms with Crippen LogP contribution in [0.3, 0.4) is 0 Å².